The van der Waals surface area contributed by atoms with Crippen LogP contribution in [-0.2, 0) is 37.0 Å². The fourth-order valence-corrected chi connectivity index (χ4v) is 19.7. The zero-order chi connectivity index (χ0) is 50.2. The fraction of sp³-hybridized carbons (Fsp3) is 0.849. The minimum absolute atomic E-state index is 0.0872. The molecule has 0 saturated carbocycles. The second kappa shape index (κ2) is 27.3. The first-order chi connectivity index (χ1) is 31.7. The summed E-state index contributed by atoms with van der Waals surface area (Å²) in [5.41, 5.74) is -0.504. The minimum Gasteiger partial charge on any atom is -0.457 e. The highest BCUT2D eigenvalue weighted by Crippen LogP contribution is 2.43. The van der Waals surface area contributed by atoms with Crippen molar-refractivity contribution in [2.45, 2.75) is 238 Å². The lowest BCUT2D eigenvalue weighted by Gasteiger charge is -2.39. The summed E-state index contributed by atoms with van der Waals surface area (Å²) >= 11 is 0. The Balaban J connectivity index is 2.03. The maximum Gasteiger partial charge on any atom is 0.410 e. The molecule has 2 fully saturated rings. The van der Waals surface area contributed by atoms with E-state index in [0.717, 1.165) is 85.9 Å². The summed E-state index contributed by atoms with van der Waals surface area (Å²) in [5, 5.41) is 0. The molecular formula is C53H100N2O9Si3. The summed E-state index contributed by atoms with van der Waals surface area (Å²) in [6.07, 6.45) is 11.9. The highest BCUT2D eigenvalue weighted by atomic mass is 28.4. The third-order valence-electron chi connectivity index (χ3n) is 16.8. The monoisotopic (exact) mass is 993 g/mol. The van der Waals surface area contributed by atoms with Gasteiger partial charge >= 0.3 is 12.1 Å². The molecule has 388 valence electrons. The van der Waals surface area contributed by atoms with Gasteiger partial charge in [-0.05, 0) is 113 Å². The summed E-state index contributed by atoms with van der Waals surface area (Å²) in [4.78, 5) is 32.0. The average Bonchev–Trinajstić information content (AvgIpc) is 4.10. The van der Waals surface area contributed by atoms with Crippen molar-refractivity contribution in [3.8, 4) is 0 Å². The number of allylic oxidation sites excluding steroid dienone is 2. The fourth-order valence-electron chi connectivity index (χ4n) is 10.7. The van der Waals surface area contributed by atoms with Crippen LogP contribution in [0, 0.1) is 11.8 Å². The molecule has 67 heavy (non-hydrogen) atoms. The third kappa shape index (κ3) is 16.5. The zero-order valence-corrected chi connectivity index (χ0v) is 48.8. The van der Waals surface area contributed by atoms with E-state index in [1.807, 2.05) is 26.0 Å². The van der Waals surface area contributed by atoms with E-state index in [9.17, 15) is 9.59 Å². The van der Waals surface area contributed by atoms with Crippen molar-refractivity contribution in [3.63, 3.8) is 0 Å². The Hall–Kier alpha value is -1.63. The number of esters is 1. The van der Waals surface area contributed by atoms with Gasteiger partial charge in [-0.25, -0.2) is 4.79 Å². The van der Waals surface area contributed by atoms with E-state index in [4.69, 9.17) is 32.2 Å². The first-order valence-corrected chi connectivity index (χ1v) is 34.4. The standard InChI is InChI=1S/C53H100N2O9Si3/c1-18-45(63-66(22-5,23-6)24-7)43(13)50-46(59-50)40-52(14,64-67(25-8,26-9)27-10)33-28-29-41(11)49-42(12)30-31-47(60-51(57)55-37-35-54(16)36-38-55)53(15,58-17)34-32-44(39-48(56)61-49)62-65(19-2,20-3)21-4/h28-31,33,42-47,49-50H,18-27,32,34-40H2,1-17H3/b31-30+,33-28+,41-29+. The number of epoxide rings is 1. The molecule has 0 aromatic rings. The summed E-state index contributed by atoms with van der Waals surface area (Å²) < 4.78 is 47.2. The van der Waals surface area contributed by atoms with Gasteiger partial charge in [0.2, 0.25) is 0 Å². The summed E-state index contributed by atoms with van der Waals surface area (Å²) in [6.45, 7) is 36.1. The molecule has 0 spiro atoms. The number of nitrogens with zero attached hydrogens (tertiary/aromatic N) is 2. The SMILES string of the molecule is CCC(O[Si](CC)(CC)CC)C(C)C1OC1CC(C)(/C=C/C=C(\C)C1OC(=O)CC(O[Si](CC)(CC)CC)CCC(C)(OC)C(OC(=O)N2CCN(C)CC2)/C=C/C1C)O[Si](CC)(CC)CC. The predicted octanol–water partition coefficient (Wildman–Crippen LogP) is 12.7. The highest BCUT2D eigenvalue weighted by molar-refractivity contribution is 6.74. The molecule has 3 aliphatic heterocycles. The molecule has 0 radical (unpaired) electrons. The van der Waals surface area contributed by atoms with E-state index in [2.05, 4.69) is 120 Å². The average molecular weight is 994 g/mol. The number of rotatable bonds is 25. The summed E-state index contributed by atoms with van der Waals surface area (Å²) in [7, 11) is -2.17. The smallest absolute Gasteiger partial charge is 0.410 e. The van der Waals surface area contributed by atoms with Crippen LogP contribution >= 0.6 is 0 Å². The number of likely N-dealkylation sites (N-methyl/N-ethyl adjacent to an activating group) is 1. The van der Waals surface area contributed by atoms with Crippen molar-refractivity contribution in [1.29, 1.82) is 0 Å². The number of hydrogen-bond donors (Lipinski definition) is 0. The molecule has 3 heterocycles. The molecule has 14 heteroatoms. The third-order valence-corrected chi connectivity index (χ3v) is 30.9. The Labute approximate surface area is 413 Å². The molecule has 10 atom stereocenters. The van der Waals surface area contributed by atoms with Crippen molar-refractivity contribution in [3.05, 3.63) is 36.0 Å². The van der Waals surface area contributed by atoms with E-state index >= 15 is 0 Å². The van der Waals surface area contributed by atoms with Crippen molar-refractivity contribution in [2.75, 3.05) is 40.3 Å². The number of amides is 1. The van der Waals surface area contributed by atoms with Crippen LogP contribution in [0.1, 0.15) is 136 Å². The van der Waals surface area contributed by atoms with Gasteiger partial charge in [-0.1, -0.05) is 107 Å². The first-order valence-electron chi connectivity index (χ1n) is 26.9. The summed E-state index contributed by atoms with van der Waals surface area (Å²) in [6, 6.07) is 9.47. The topological polar surface area (TPSA) is 109 Å². The van der Waals surface area contributed by atoms with E-state index in [1.54, 1.807) is 12.0 Å². The predicted molar refractivity (Wildman–Crippen MR) is 283 cm³/mol. The van der Waals surface area contributed by atoms with Gasteiger partial charge in [-0.2, -0.15) is 0 Å². The zero-order valence-electron chi connectivity index (χ0n) is 45.8. The second-order valence-corrected chi connectivity index (χ2v) is 35.1. The van der Waals surface area contributed by atoms with Crippen LogP contribution in [-0.4, -0.2) is 135 Å². The molecule has 0 aliphatic carbocycles. The van der Waals surface area contributed by atoms with Crippen molar-refractivity contribution < 1.29 is 41.8 Å². The van der Waals surface area contributed by atoms with Crippen LogP contribution < -0.4 is 0 Å². The van der Waals surface area contributed by atoms with Crippen LogP contribution in [0.15, 0.2) is 36.0 Å². The molecule has 3 rings (SSSR count). The maximum absolute atomic E-state index is 14.2. The normalized spacial score (nSPS) is 28.8. The molecule has 0 aromatic heterocycles. The van der Waals surface area contributed by atoms with Crippen LogP contribution in [0.2, 0.25) is 54.4 Å². The molecule has 0 bridgehead atoms. The van der Waals surface area contributed by atoms with E-state index < -0.39 is 48.4 Å². The molecule has 11 nitrogen and oxygen atoms in total. The number of methoxy groups -OCH3 is 1. The molecule has 0 N–H and O–H groups in total. The molecular weight excluding hydrogens is 893 g/mol. The van der Waals surface area contributed by atoms with Crippen LogP contribution in [0.5, 0.6) is 0 Å². The lowest BCUT2D eigenvalue weighted by Crippen LogP contribution is -2.51. The van der Waals surface area contributed by atoms with Crippen LogP contribution in [0.4, 0.5) is 4.79 Å². The van der Waals surface area contributed by atoms with Gasteiger partial charge in [-0.15, -0.1) is 0 Å². The maximum atomic E-state index is 14.2. The number of ether oxygens (including phenoxy) is 4. The molecule has 3 aliphatic rings. The lowest BCUT2D eigenvalue weighted by molar-refractivity contribution is -0.151. The highest BCUT2D eigenvalue weighted by Gasteiger charge is 2.51. The number of carbonyl (C=O) groups is 2. The van der Waals surface area contributed by atoms with Gasteiger partial charge in [0.25, 0.3) is 0 Å². The van der Waals surface area contributed by atoms with Gasteiger partial charge in [0.05, 0.1) is 30.3 Å². The Bertz CT molecular complexity index is 1570. The number of cyclic esters (lactones) is 1. The summed E-state index contributed by atoms with van der Waals surface area (Å²) in [5.74, 6) is -0.225. The first kappa shape index (κ1) is 59.7. The molecule has 0 aromatic carbocycles. The number of piperazine rings is 1. The van der Waals surface area contributed by atoms with Crippen molar-refractivity contribution >= 4 is 37.0 Å². The van der Waals surface area contributed by atoms with E-state index in [-0.39, 0.29) is 48.8 Å². The minimum atomic E-state index is -2.11. The van der Waals surface area contributed by atoms with Crippen LogP contribution in [0.3, 0.4) is 0 Å². The van der Waals surface area contributed by atoms with Crippen molar-refractivity contribution in [2.24, 2.45) is 11.8 Å². The van der Waals surface area contributed by atoms with Crippen molar-refractivity contribution in [1.82, 2.24) is 9.80 Å². The largest absolute Gasteiger partial charge is 0.457 e. The van der Waals surface area contributed by atoms with E-state index in [1.165, 1.54) is 0 Å². The Morgan fingerprint density at radius 2 is 1.46 bits per heavy atom. The molecule has 10 unspecified atom stereocenters. The molecule has 1 amide bonds. The number of carbonyl (C=O) groups excluding carboxylic acids is 2. The van der Waals surface area contributed by atoms with Crippen LogP contribution in [0.25, 0.3) is 0 Å². The lowest BCUT2D eigenvalue weighted by atomic mass is 9.88. The quantitative estimate of drug-likeness (QED) is 0.0288. The van der Waals surface area contributed by atoms with Gasteiger partial charge in [0.1, 0.15) is 11.7 Å². The van der Waals surface area contributed by atoms with E-state index in [0.29, 0.717) is 31.8 Å². The Kier molecular flexibility index (Phi) is 24.3. The van der Waals surface area contributed by atoms with Gasteiger partial charge < -0.3 is 42.0 Å². The Morgan fingerprint density at radius 1 is 0.896 bits per heavy atom. The van der Waals surface area contributed by atoms with Gasteiger partial charge in [0, 0.05) is 57.6 Å². The van der Waals surface area contributed by atoms with Gasteiger partial charge in [-0.3, -0.25) is 4.79 Å². The van der Waals surface area contributed by atoms with Gasteiger partial charge in [0.15, 0.2) is 31.1 Å². The Morgan fingerprint density at radius 3 is 1.99 bits per heavy atom. The number of hydrogen-bond acceptors (Lipinski definition) is 10. The second-order valence-electron chi connectivity index (χ2n) is 20.9. The molecule has 2 saturated heterocycles.